The van der Waals surface area contributed by atoms with Gasteiger partial charge in [-0.05, 0) is 20.4 Å². The van der Waals surface area contributed by atoms with Gasteiger partial charge < -0.3 is 10.0 Å². The summed E-state index contributed by atoms with van der Waals surface area (Å²) in [4.78, 5) is 4.77. The molecule has 1 unspecified atom stereocenters. The molecular formula is C6H14NO2-. The molecule has 56 valence electrons. The van der Waals surface area contributed by atoms with E-state index in [1.165, 1.54) is 7.05 Å². The van der Waals surface area contributed by atoms with Crippen LogP contribution in [0.2, 0.25) is 0 Å². The topological polar surface area (TPSA) is 35.5 Å². The third-order valence-corrected chi connectivity index (χ3v) is 1.02. The predicted molar refractivity (Wildman–Crippen MR) is 36.6 cm³/mol. The Morgan fingerprint density at radius 3 is 2.56 bits per heavy atom. The maximum absolute atomic E-state index is 10.2. The van der Waals surface area contributed by atoms with Gasteiger partial charge >= 0.3 is 0 Å². The molecule has 0 fully saturated rings. The van der Waals surface area contributed by atoms with Gasteiger partial charge in [0, 0.05) is 0 Å². The molecule has 0 aromatic rings. The largest absolute Gasteiger partial charge is 0.762 e. The van der Waals surface area contributed by atoms with Gasteiger partial charge in [-0.3, -0.25) is 5.23 Å². The first-order valence-electron chi connectivity index (χ1n) is 3.24. The van der Waals surface area contributed by atoms with Crippen LogP contribution in [0.5, 0.6) is 0 Å². The van der Waals surface area contributed by atoms with Gasteiger partial charge in [0.05, 0.1) is 6.10 Å². The van der Waals surface area contributed by atoms with Crippen molar-refractivity contribution in [3.8, 4) is 0 Å². The third-order valence-electron chi connectivity index (χ3n) is 1.02. The molecule has 0 saturated heterocycles. The third kappa shape index (κ3) is 5.76. The molecule has 0 aromatic heterocycles. The zero-order valence-electron chi connectivity index (χ0n) is 6.26. The Bertz CT molecular complexity index is 66.1. The zero-order chi connectivity index (χ0) is 7.28. The van der Waals surface area contributed by atoms with Gasteiger partial charge in [0.15, 0.2) is 0 Å². The first kappa shape index (κ1) is 8.88. The zero-order valence-corrected chi connectivity index (χ0v) is 6.26. The molecule has 0 N–H and O–H groups in total. The summed E-state index contributed by atoms with van der Waals surface area (Å²) in [6.45, 7) is 3.95. The molecule has 3 nitrogen and oxygen atoms in total. The summed E-state index contributed by atoms with van der Waals surface area (Å²) in [5, 5.41) is 10.7. The Balaban J connectivity index is 3.15. The molecule has 0 aliphatic carbocycles. The molecule has 0 saturated carbocycles. The van der Waals surface area contributed by atoms with E-state index >= 15 is 0 Å². The summed E-state index contributed by atoms with van der Waals surface area (Å²) in [7, 11) is 1.35. The molecule has 0 spiro atoms. The van der Waals surface area contributed by atoms with Crippen LogP contribution in [0.3, 0.4) is 0 Å². The number of nitrogens with zero attached hydrogens (tertiary/aromatic N) is 1. The average Bonchev–Trinajstić information content (AvgIpc) is 1.63. The van der Waals surface area contributed by atoms with Crippen molar-refractivity contribution in [3.05, 3.63) is 5.21 Å². The Morgan fingerprint density at radius 2 is 2.22 bits per heavy atom. The minimum atomic E-state index is 0.0532. The van der Waals surface area contributed by atoms with E-state index in [4.69, 9.17) is 4.84 Å². The Morgan fingerprint density at radius 1 is 1.67 bits per heavy atom. The smallest absolute Gasteiger partial charge is 0.0753 e. The van der Waals surface area contributed by atoms with Crippen LogP contribution >= 0.6 is 0 Å². The first-order valence-corrected chi connectivity index (χ1v) is 3.24. The van der Waals surface area contributed by atoms with E-state index in [-0.39, 0.29) is 6.10 Å². The minimum absolute atomic E-state index is 0.0532. The van der Waals surface area contributed by atoms with Crippen LogP contribution in [0.25, 0.3) is 0 Å². The van der Waals surface area contributed by atoms with E-state index in [1.807, 2.05) is 6.92 Å². The highest BCUT2D eigenvalue weighted by Crippen LogP contribution is 2.00. The van der Waals surface area contributed by atoms with E-state index in [2.05, 4.69) is 6.92 Å². The number of hydrogen-bond acceptors (Lipinski definition) is 3. The molecule has 0 amide bonds. The lowest BCUT2D eigenvalue weighted by atomic mass is 10.2. The first-order chi connectivity index (χ1) is 4.16. The maximum atomic E-state index is 10.2. The van der Waals surface area contributed by atoms with Crippen LogP contribution in [0, 0.1) is 5.21 Å². The lowest BCUT2D eigenvalue weighted by molar-refractivity contribution is -0.143. The van der Waals surface area contributed by atoms with Crippen LogP contribution in [0.15, 0.2) is 0 Å². The fourth-order valence-electron chi connectivity index (χ4n) is 0.713. The quantitative estimate of drug-likeness (QED) is 0.544. The predicted octanol–water partition coefficient (Wildman–Crippen LogP) is 1.54. The highest BCUT2D eigenvalue weighted by atomic mass is 16.9. The average molecular weight is 132 g/mol. The van der Waals surface area contributed by atoms with Crippen LogP contribution in [0.1, 0.15) is 26.7 Å². The van der Waals surface area contributed by atoms with Crippen molar-refractivity contribution in [1.29, 1.82) is 0 Å². The summed E-state index contributed by atoms with van der Waals surface area (Å²) in [5.74, 6) is 0. The lowest BCUT2D eigenvalue weighted by Gasteiger charge is -2.25. The summed E-state index contributed by atoms with van der Waals surface area (Å²) < 4.78 is 0. The van der Waals surface area contributed by atoms with Crippen LogP contribution in [-0.2, 0) is 4.84 Å². The van der Waals surface area contributed by atoms with Crippen LogP contribution in [0.4, 0.5) is 0 Å². The van der Waals surface area contributed by atoms with E-state index < -0.39 is 0 Å². The Kier molecular flexibility index (Phi) is 4.67. The number of hydrogen-bond donors (Lipinski definition) is 0. The summed E-state index contributed by atoms with van der Waals surface area (Å²) in [6.07, 6.45) is 2.04. The van der Waals surface area contributed by atoms with Gasteiger partial charge in [0.25, 0.3) is 0 Å². The Hall–Kier alpha value is -0.120. The maximum Gasteiger partial charge on any atom is 0.0753 e. The summed E-state index contributed by atoms with van der Waals surface area (Å²) in [5.41, 5.74) is 0. The van der Waals surface area contributed by atoms with Crippen molar-refractivity contribution in [2.24, 2.45) is 0 Å². The molecule has 0 radical (unpaired) electrons. The second kappa shape index (κ2) is 4.73. The van der Waals surface area contributed by atoms with Gasteiger partial charge in [0.2, 0.25) is 0 Å². The second-order valence-electron chi connectivity index (χ2n) is 2.14. The molecule has 1 atom stereocenters. The van der Waals surface area contributed by atoms with Crippen molar-refractivity contribution in [1.82, 2.24) is 5.23 Å². The van der Waals surface area contributed by atoms with Gasteiger partial charge in [-0.2, -0.15) is 0 Å². The highest BCUT2D eigenvalue weighted by Gasteiger charge is 1.97. The SMILES string of the molecule is CCCC(C)ON(C)[O-]. The minimum Gasteiger partial charge on any atom is -0.762 e. The monoisotopic (exact) mass is 132 g/mol. The second-order valence-corrected chi connectivity index (χ2v) is 2.14. The van der Waals surface area contributed by atoms with Gasteiger partial charge in [0.1, 0.15) is 0 Å². The summed E-state index contributed by atoms with van der Waals surface area (Å²) in [6, 6.07) is 0. The Labute approximate surface area is 56.1 Å². The molecule has 0 aliphatic heterocycles. The lowest BCUT2D eigenvalue weighted by Crippen LogP contribution is -2.18. The molecule has 0 aliphatic rings. The molecule has 0 rings (SSSR count). The summed E-state index contributed by atoms with van der Waals surface area (Å²) >= 11 is 0. The fraction of sp³-hybridized carbons (Fsp3) is 1.00. The van der Waals surface area contributed by atoms with Crippen molar-refractivity contribution < 1.29 is 4.84 Å². The van der Waals surface area contributed by atoms with Gasteiger partial charge in [-0.25, -0.2) is 0 Å². The van der Waals surface area contributed by atoms with Crippen molar-refractivity contribution in [2.75, 3.05) is 7.05 Å². The molecule has 9 heavy (non-hydrogen) atoms. The standard InChI is InChI=1S/C6H14NO2/c1-4-5-6(2)9-7(3)8/h6H,4-5H2,1-3H3/q-1. The highest BCUT2D eigenvalue weighted by molar-refractivity contribution is 4.46. The van der Waals surface area contributed by atoms with E-state index in [0.717, 1.165) is 12.8 Å². The van der Waals surface area contributed by atoms with E-state index in [9.17, 15) is 5.21 Å². The molecule has 0 aromatic carbocycles. The van der Waals surface area contributed by atoms with Gasteiger partial charge in [-0.1, -0.05) is 13.3 Å². The molecule has 0 heterocycles. The van der Waals surface area contributed by atoms with Crippen LogP contribution in [-0.4, -0.2) is 18.4 Å². The molecule has 3 heteroatoms. The number of hydroxylamine groups is 2. The molecule has 0 bridgehead atoms. The molecular weight excluding hydrogens is 118 g/mol. The number of rotatable bonds is 4. The van der Waals surface area contributed by atoms with Crippen molar-refractivity contribution >= 4 is 0 Å². The fourth-order valence-corrected chi connectivity index (χ4v) is 0.713. The van der Waals surface area contributed by atoms with E-state index in [0.29, 0.717) is 5.23 Å². The van der Waals surface area contributed by atoms with E-state index in [1.54, 1.807) is 0 Å². The van der Waals surface area contributed by atoms with Crippen molar-refractivity contribution in [3.63, 3.8) is 0 Å². The van der Waals surface area contributed by atoms with Gasteiger partial charge in [-0.15, -0.1) is 0 Å². The normalized spacial score (nSPS) is 14.3. The van der Waals surface area contributed by atoms with Crippen LogP contribution < -0.4 is 0 Å². The van der Waals surface area contributed by atoms with Crippen molar-refractivity contribution in [2.45, 2.75) is 32.8 Å².